The first kappa shape index (κ1) is 8.73. The van der Waals surface area contributed by atoms with Crippen LogP contribution in [0.3, 0.4) is 0 Å². The number of H-pyrrole nitrogens is 1. The third-order valence-electron chi connectivity index (χ3n) is 1.18. The van der Waals surface area contributed by atoms with Crippen LogP contribution in [-0.4, -0.2) is 21.0 Å². The normalized spacial score (nSPS) is 9.75. The van der Waals surface area contributed by atoms with E-state index >= 15 is 0 Å². The molecule has 0 saturated heterocycles. The summed E-state index contributed by atoms with van der Waals surface area (Å²) in [6.45, 7) is 0. The fourth-order valence-electron chi connectivity index (χ4n) is 0.686. The summed E-state index contributed by atoms with van der Waals surface area (Å²) in [7, 11) is 0. The number of aliphatic carboxylic acids is 1. The van der Waals surface area contributed by atoms with Crippen molar-refractivity contribution in [1.29, 1.82) is 0 Å². The van der Waals surface area contributed by atoms with Crippen LogP contribution < -0.4 is 5.69 Å². The summed E-state index contributed by atoms with van der Waals surface area (Å²) in [5.74, 6) is -1.02. The van der Waals surface area contributed by atoms with E-state index in [2.05, 4.69) is 9.97 Å². The van der Waals surface area contributed by atoms with E-state index in [0.717, 1.165) is 6.20 Å². The van der Waals surface area contributed by atoms with Gasteiger partial charge in [-0.15, -0.1) is 0 Å². The maximum absolute atomic E-state index is 10.5. The summed E-state index contributed by atoms with van der Waals surface area (Å²) < 4.78 is 0. The number of carboxylic acid groups (broad SMARTS) is 1. The standard InChI is InChI=1S/C6H5ClN2O3/c7-5-3(1-4(10)11)2-8-6(12)9-5/h2H,1H2,(H,10,11)(H,8,9,12). The van der Waals surface area contributed by atoms with Crippen molar-refractivity contribution in [3.05, 3.63) is 27.4 Å². The Kier molecular flexibility index (Phi) is 2.44. The summed E-state index contributed by atoms with van der Waals surface area (Å²) in [6.07, 6.45) is 0.901. The van der Waals surface area contributed by atoms with Crippen LogP contribution in [-0.2, 0) is 11.2 Å². The molecule has 1 aromatic heterocycles. The van der Waals surface area contributed by atoms with Crippen LogP contribution in [0.15, 0.2) is 11.0 Å². The zero-order valence-electron chi connectivity index (χ0n) is 5.87. The molecule has 0 unspecified atom stereocenters. The molecule has 0 aromatic carbocycles. The summed E-state index contributed by atoms with van der Waals surface area (Å²) in [4.78, 5) is 26.3. The number of carbonyl (C=O) groups is 1. The highest BCUT2D eigenvalue weighted by molar-refractivity contribution is 6.30. The molecule has 0 saturated carbocycles. The second-order valence-corrected chi connectivity index (χ2v) is 2.48. The van der Waals surface area contributed by atoms with E-state index in [-0.39, 0.29) is 11.6 Å². The van der Waals surface area contributed by atoms with Gasteiger partial charge in [-0.1, -0.05) is 11.6 Å². The molecule has 0 atom stereocenters. The lowest BCUT2D eigenvalue weighted by molar-refractivity contribution is -0.136. The van der Waals surface area contributed by atoms with Gasteiger partial charge in [-0.3, -0.25) is 9.78 Å². The minimum atomic E-state index is -1.02. The largest absolute Gasteiger partial charge is 0.481 e. The molecule has 12 heavy (non-hydrogen) atoms. The van der Waals surface area contributed by atoms with Crippen LogP contribution in [0, 0.1) is 0 Å². The number of aromatic nitrogens is 2. The Bertz CT molecular complexity index is 360. The molecule has 1 aromatic rings. The first-order valence-electron chi connectivity index (χ1n) is 3.05. The number of aromatic amines is 1. The molecule has 6 heteroatoms. The van der Waals surface area contributed by atoms with Crippen LogP contribution in [0.2, 0.25) is 5.15 Å². The van der Waals surface area contributed by atoms with E-state index in [1.165, 1.54) is 0 Å². The lowest BCUT2D eigenvalue weighted by atomic mass is 10.2. The molecule has 0 spiro atoms. The smallest absolute Gasteiger partial charge is 0.346 e. The minimum Gasteiger partial charge on any atom is -0.481 e. The average molecular weight is 189 g/mol. The van der Waals surface area contributed by atoms with Gasteiger partial charge in [-0.2, -0.15) is 0 Å². The number of hydrogen-bond donors (Lipinski definition) is 2. The molecule has 0 aliphatic rings. The number of hydrogen-bond acceptors (Lipinski definition) is 3. The Labute approximate surface area is 72.0 Å². The van der Waals surface area contributed by atoms with Gasteiger partial charge >= 0.3 is 11.7 Å². The van der Waals surface area contributed by atoms with Crippen molar-refractivity contribution >= 4 is 17.6 Å². The van der Waals surface area contributed by atoms with Gasteiger partial charge in [0.05, 0.1) is 6.42 Å². The molecule has 5 nitrogen and oxygen atoms in total. The molecule has 0 aliphatic heterocycles. The highest BCUT2D eigenvalue weighted by Crippen LogP contribution is 2.08. The predicted molar refractivity (Wildman–Crippen MR) is 41.2 cm³/mol. The summed E-state index contributed by atoms with van der Waals surface area (Å²) in [5.41, 5.74) is -0.294. The third-order valence-corrected chi connectivity index (χ3v) is 1.52. The van der Waals surface area contributed by atoms with Crippen molar-refractivity contribution in [3.63, 3.8) is 0 Å². The summed E-state index contributed by atoms with van der Waals surface area (Å²) in [5, 5.41) is 8.41. The second-order valence-electron chi connectivity index (χ2n) is 2.10. The van der Waals surface area contributed by atoms with Crippen LogP contribution in [0.25, 0.3) is 0 Å². The lowest BCUT2D eigenvalue weighted by Crippen LogP contribution is -2.12. The monoisotopic (exact) mass is 188 g/mol. The van der Waals surface area contributed by atoms with E-state index in [0.29, 0.717) is 5.56 Å². The highest BCUT2D eigenvalue weighted by Gasteiger charge is 2.05. The first-order valence-corrected chi connectivity index (χ1v) is 3.43. The van der Waals surface area contributed by atoms with Gasteiger partial charge in [-0.05, 0) is 0 Å². The number of rotatable bonds is 2. The topological polar surface area (TPSA) is 83.0 Å². The molecule has 2 N–H and O–H groups in total. The number of halogens is 1. The number of nitrogens with one attached hydrogen (secondary N) is 1. The zero-order chi connectivity index (χ0) is 9.14. The van der Waals surface area contributed by atoms with Gasteiger partial charge in [0.1, 0.15) is 5.15 Å². The van der Waals surface area contributed by atoms with Crippen molar-refractivity contribution in [2.24, 2.45) is 0 Å². The number of nitrogens with zero attached hydrogens (tertiary/aromatic N) is 1. The van der Waals surface area contributed by atoms with Gasteiger partial charge in [0.2, 0.25) is 0 Å². The molecule has 0 bridgehead atoms. The maximum atomic E-state index is 10.5. The quantitative estimate of drug-likeness (QED) is 0.643. The van der Waals surface area contributed by atoms with Crippen molar-refractivity contribution in [2.75, 3.05) is 0 Å². The van der Waals surface area contributed by atoms with Crippen molar-refractivity contribution in [1.82, 2.24) is 9.97 Å². The second kappa shape index (κ2) is 3.36. The predicted octanol–water partition coefficient (Wildman–Crippen LogP) is 0.0504. The fourth-order valence-corrected chi connectivity index (χ4v) is 0.882. The molecule has 0 amide bonds. The van der Waals surface area contributed by atoms with Crippen LogP contribution in [0.4, 0.5) is 0 Å². The SMILES string of the molecule is O=C(O)Cc1cnc(=O)[nH]c1Cl. The molecular weight excluding hydrogens is 184 g/mol. The Balaban J connectivity index is 3.01. The Hall–Kier alpha value is -1.36. The maximum Gasteiger partial charge on any atom is 0.346 e. The molecule has 0 radical (unpaired) electrons. The van der Waals surface area contributed by atoms with Crippen LogP contribution in [0.5, 0.6) is 0 Å². The fraction of sp³-hybridized carbons (Fsp3) is 0.167. The van der Waals surface area contributed by atoms with E-state index in [9.17, 15) is 9.59 Å². The highest BCUT2D eigenvalue weighted by atomic mass is 35.5. The lowest BCUT2D eigenvalue weighted by Gasteiger charge is -1.97. The molecule has 1 heterocycles. The van der Waals surface area contributed by atoms with E-state index in [1.807, 2.05) is 0 Å². The van der Waals surface area contributed by atoms with E-state index in [4.69, 9.17) is 16.7 Å². The minimum absolute atomic E-state index is 0.0254. The Morgan fingerprint density at radius 3 is 2.92 bits per heavy atom. The zero-order valence-corrected chi connectivity index (χ0v) is 6.63. The van der Waals surface area contributed by atoms with Crippen molar-refractivity contribution in [2.45, 2.75) is 6.42 Å². The van der Waals surface area contributed by atoms with E-state index < -0.39 is 11.7 Å². The van der Waals surface area contributed by atoms with E-state index in [1.54, 1.807) is 0 Å². The Morgan fingerprint density at radius 1 is 1.75 bits per heavy atom. The summed E-state index contributed by atoms with van der Waals surface area (Å²) in [6, 6.07) is 0. The molecule has 0 aliphatic carbocycles. The number of carboxylic acids is 1. The molecule has 64 valence electrons. The van der Waals surface area contributed by atoms with Gasteiger partial charge in [-0.25, -0.2) is 9.78 Å². The molecular formula is C6H5ClN2O3. The van der Waals surface area contributed by atoms with Gasteiger partial charge in [0, 0.05) is 11.8 Å². The van der Waals surface area contributed by atoms with Gasteiger partial charge in [0.25, 0.3) is 0 Å². The van der Waals surface area contributed by atoms with Gasteiger partial charge in [0.15, 0.2) is 0 Å². The molecule has 0 fully saturated rings. The van der Waals surface area contributed by atoms with Crippen molar-refractivity contribution < 1.29 is 9.90 Å². The van der Waals surface area contributed by atoms with Gasteiger partial charge < -0.3 is 5.11 Å². The van der Waals surface area contributed by atoms with Crippen LogP contribution in [0.1, 0.15) is 5.56 Å². The Morgan fingerprint density at radius 2 is 2.42 bits per heavy atom. The summed E-state index contributed by atoms with van der Waals surface area (Å²) >= 11 is 5.51. The van der Waals surface area contributed by atoms with Crippen molar-refractivity contribution in [3.8, 4) is 0 Å². The first-order chi connectivity index (χ1) is 5.59. The third kappa shape index (κ3) is 2.06. The average Bonchev–Trinajstić information content (AvgIpc) is 1.94. The van der Waals surface area contributed by atoms with Crippen LogP contribution >= 0.6 is 11.6 Å². The molecule has 1 rings (SSSR count).